The number of aromatic nitrogens is 1. The van der Waals surface area contributed by atoms with E-state index in [4.69, 9.17) is 5.11 Å². The van der Waals surface area contributed by atoms with Crippen molar-refractivity contribution >= 4 is 5.69 Å². The zero-order valence-corrected chi connectivity index (χ0v) is 9.88. The summed E-state index contributed by atoms with van der Waals surface area (Å²) in [5.41, 5.74) is 1.37. The maximum atomic E-state index is 12.1. The Bertz CT molecular complexity index is 532. The molecule has 1 heterocycles. The van der Waals surface area contributed by atoms with Gasteiger partial charge in [0.1, 0.15) is 11.5 Å². The minimum atomic E-state index is -2.84. The van der Waals surface area contributed by atoms with Gasteiger partial charge in [0.2, 0.25) is 0 Å². The van der Waals surface area contributed by atoms with E-state index in [0.29, 0.717) is 12.2 Å². The third kappa shape index (κ3) is 4.09. The highest BCUT2D eigenvalue weighted by Crippen LogP contribution is 2.19. The van der Waals surface area contributed by atoms with Crippen molar-refractivity contribution in [2.75, 3.05) is 5.32 Å². The molecule has 0 fully saturated rings. The van der Waals surface area contributed by atoms with Crippen LogP contribution in [0.2, 0.25) is 0 Å². The number of anilines is 1. The van der Waals surface area contributed by atoms with Crippen LogP contribution in [0.25, 0.3) is 0 Å². The molecule has 2 N–H and O–H groups in total. The lowest BCUT2D eigenvalue weighted by Crippen LogP contribution is -2.04. The average molecular weight is 266 g/mol. The number of nitrogens with one attached hydrogen (secondary N) is 1. The van der Waals surface area contributed by atoms with Crippen LogP contribution in [0.5, 0.6) is 11.5 Å². The van der Waals surface area contributed by atoms with E-state index in [1.165, 1.54) is 24.4 Å². The number of benzene rings is 1. The standard InChI is InChI=1S/C13H12F2N2O2/c14-13(15)19-12-3-1-2-9(6-12)16-7-10-4-5-11(18)8-17-10/h1-6,8,13,16,18H,7H2. The lowest BCUT2D eigenvalue weighted by Gasteiger charge is -2.09. The molecule has 1 aromatic carbocycles. The molecule has 0 spiro atoms. The summed E-state index contributed by atoms with van der Waals surface area (Å²) in [6, 6.07) is 9.48. The van der Waals surface area contributed by atoms with Crippen LogP contribution < -0.4 is 10.1 Å². The van der Waals surface area contributed by atoms with E-state index < -0.39 is 6.61 Å². The van der Waals surface area contributed by atoms with Gasteiger partial charge in [0, 0.05) is 11.8 Å². The van der Waals surface area contributed by atoms with Crippen LogP contribution in [0.4, 0.5) is 14.5 Å². The molecule has 0 aliphatic heterocycles. The fourth-order valence-electron chi connectivity index (χ4n) is 1.50. The Morgan fingerprint density at radius 2 is 2.11 bits per heavy atom. The number of hydrogen-bond donors (Lipinski definition) is 2. The van der Waals surface area contributed by atoms with Crippen molar-refractivity contribution in [3.8, 4) is 11.5 Å². The van der Waals surface area contributed by atoms with Crippen molar-refractivity contribution in [3.05, 3.63) is 48.3 Å². The topological polar surface area (TPSA) is 54.4 Å². The normalized spacial score (nSPS) is 10.5. The van der Waals surface area contributed by atoms with Crippen LogP contribution in [-0.2, 0) is 6.54 Å². The van der Waals surface area contributed by atoms with Gasteiger partial charge < -0.3 is 15.2 Å². The van der Waals surface area contributed by atoms with Gasteiger partial charge in [0.25, 0.3) is 0 Å². The van der Waals surface area contributed by atoms with Crippen LogP contribution >= 0.6 is 0 Å². The Hall–Kier alpha value is -2.37. The largest absolute Gasteiger partial charge is 0.506 e. The summed E-state index contributed by atoms with van der Waals surface area (Å²) in [5, 5.41) is 12.1. The highest BCUT2D eigenvalue weighted by molar-refractivity contribution is 5.48. The number of pyridine rings is 1. The fraction of sp³-hybridized carbons (Fsp3) is 0.154. The molecule has 2 aromatic rings. The first-order valence-electron chi connectivity index (χ1n) is 5.56. The lowest BCUT2D eigenvalue weighted by atomic mass is 10.3. The summed E-state index contributed by atoms with van der Waals surface area (Å²) < 4.78 is 28.4. The molecular formula is C13H12F2N2O2. The second-order valence-corrected chi connectivity index (χ2v) is 3.77. The molecule has 0 aliphatic rings. The van der Waals surface area contributed by atoms with E-state index in [9.17, 15) is 8.78 Å². The van der Waals surface area contributed by atoms with Crippen molar-refractivity contribution < 1.29 is 18.6 Å². The molecule has 0 saturated carbocycles. The molecule has 0 aliphatic carbocycles. The van der Waals surface area contributed by atoms with E-state index in [1.54, 1.807) is 18.2 Å². The zero-order valence-electron chi connectivity index (χ0n) is 9.88. The monoisotopic (exact) mass is 266 g/mol. The SMILES string of the molecule is Oc1ccc(CNc2cccc(OC(F)F)c2)nc1. The van der Waals surface area contributed by atoms with E-state index in [1.807, 2.05) is 0 Å². The highest BCUT2D eigenvalue weighted by Gasteiger charge is 2.04. The van der Waals surface area contributed by atoms with Gasteiger partial charge in [-0.05, 0) is 24.3 Å². The van der Waals surface area contributed by atoms with Gasteiger partial charge in [-0.15, -0.1) is 0 Å². The number of rotatable bonds is 5. The van der Waals surface area contributed by atoms with Crippen LogP contribution in [0.3, 0.4) is 0 Å². The molecule has 0 amide bonds. The summed E-state index contributed by atoms with van der Waals surface area (Å²) in [4.78, 5) is 4.00. The number of aromatic hydroxyl groups is 1. The van der Waals surface area contributed by atoms with Gasteiger partial charge in [-0.3, -0.25) is 4.98 Å². The minimum absolute atomic E-state index is 0.0936. The quantitative estimate of drug-likeness (QED) is 0.873. The summed E-state index contributed by atoms with van der Waals surface area (Å²) in [7, 11) is 0. The lowest BCUT2D eigenvalue weighted by molar-refractivity contribution is -0.0498. The summed E-state index contributed by atoms with van der Waals surface area (Å²) in [6.45, 7) is -2.42. The van der Waals surface area contributed by atoms with Crippen molar-refractivity contribution in [2.24, 2.45) is 0 Å². The molecule has 0 atom stereocenters. The molecule has 19 heavy (non-hydrogen) atoms. The maximum absolute atomic E-state index is 12.1. The Balaban J connectivity index is 1.97. The number of halogens is 2. The maximum Gasteiger partial charge on any atom is 0.387 e. The molecule has 0 radical (unpaired) electrons. The smallest absolute Gasteiger partial charge is 0.387 e. The summed E-state index contributed by atoms with van der Waals surface area (Å²) in [6.07, 6.45) is 1.34. The number of nitrogens with zero attached hydrogens (tertiary/aromatic N) is 1. The molecule has 0 bridgehead atoms. The molecule has 100 valence electrons. The van der Waals surface area contributed by atoms with Crippen LogP contribution in [-0.4, -0.2) is 16.7 Å². The predicted octanol–water partition coefficient (Wildman–Crippen LogP) is 3.00. The Labute approximate surface area is 108 Å². The molecule has 4 nitrogen and oxygen atoms in total. The van der Waals surface area contributed by atoms with Crippen LogP contribution in [0, 0.1) is 0 Å². The Morgan fingerprint density at radius 1 is 1.26 bits per heavy atom. The number of hydrogen-bond acceptors (Lipinski definition) is 4. The van der Waals surface area contributed by atoms with Crippen molar-refractivity contribution in [3.63, 3.8) is 0 Å². The van der Waals surface area contributed by atoms with Gasteiger partial charge in [-0.1, -0.05) is 6.07 Å². The molecule has 0 unspecified atom stereocenters. The van der Waals surface area contributed by atoms with Crippen LogP contribution in [0.15, 0.2) is 42.6 Å². The van der Waals surface area contributed by atoms with Gasteiger partial charge in [0.15, 0.2) is 0 Å². The first-order valence-corrected chi connectivity index (χ1v) is 5.56. The number of ether oxygens (including phenoxy) is 1. The molecule has 0 saturated heterocycles. The van der Waals surface area contributed by atoms with Crippen LogP contribution in [0.1, 0.15) is 5.69 Å². The predicted molar refractivity (Wildman–Crippen MR) is 66.3 cm³/mol. The second-order valence-electron chi connectivity index (χ2n) is 3.77. The van der Waals surface area contributed by atoms with Gasteiger partial charge in [0.05, 0.1) is 18.4 Å². The third-order valence-electron chi connectivity index (χ3n) is 2.34. The second kappa shape index (κ2) is 5.99. The van der Waals surface area contributed by atoms with E-state index >= 15 is 0 Å². The van der Waals surface area contributed by atoms with E-state index in [2.05, 4.69) is 15.0 Å². The molecule has 1 aromatic heterocycles. The Kier molecular flexibility index (Phi) is 4.12. The summed E-state index contributed by atoms with van der Waals surface area (Å²) in [5.74, 6) is 0.190. The minimum Gasteiger partial charge on any atom is -0.506 e. The molecular weight excluding hydrogens is 254 g/mol. The van der Waals surface area contributed by atoms with Gasteiger partial charge >= 0.3 is 6.61 Å². The first-order chi connectivity index (χ1) is 9.13. The average Bonchev–Trinajstić information content (AvgIpc) is 2.38. The van der Waals surface area contributed by atoms with Crippen molar-refractivity contribution in [1.82, 2.24) is 4.98 Å². The number of alkyl halides is 2. The first kappa shape index (κ1) is 13.1. The van der Waals surface area contributed by atoms with Crippen molar-refractivity contribution in [1.29, 1.82) is 0 Å². The Morgan fingerprint density at radius 3 is 2.79 bits per heavy atom. The highest BCUT2D eigenvalue weighted by atomic mass is 19.3. The van der Waals surface area contributed by atoms with Gasteiger partial charge in [-0.25, -0.2) is 0 Å². The summed E-state index contributed by atoms with van der Waals surface area (Å²) >= 11 is 0. The fourth-order valence-corrected chi connectivity index (χ4v) is 1.50. The third-order valence-corrected chi connectivity index (χ3v) is 2.34. The van der Waals surface area contributed by atoms with Gasteiger partial charge in [-0.2, -0.15) is 8.78 Å². The van der Waals surface area contributed by atoms with Crippen molar-refractivity contribution in [2.45, 2.75) is 13.2 Å². The van der Waals surface area contributed by atoms with E-state index in [-0.39, 0.29) is 11.5 Å². The molecule has 6 heteroatoms. The molecule has 2 rings (SSSR count). The van der Waals surface area contributed by atoms with E-state index in [0.717, 1.165) is 5.69 Å². The zero-order chi connectivity index (χ0) is 13.7.